The van der Waals surface area contributed by atoms with Crippen LogP contribution in [0.15, 0.2) is 0 Å². The van der Waals surface area contributed by atoms with Crippen LogP contribution in [0, 0.1) is 5.92 Å². The molecule has 1 unspecified atom stereocenters. The Labute approximate surface area is 105 Å². The zero-order chi connectivity index (χ0) is 11.5. The maximum Gasteiger partial charge on any atom is 0.110 e. The number of hydrogen-bond donors (Lipinski definition) is 1. The van der Waals surface area contributed by atoms with Crippen LogP contribution in [0.4, 0.5) is 0 Å². The van der Waals surface area contributed by atoms with Gasteiger partial charge in [0, 0.05) is 12.6 Å². The number of ether oxygens (including phenoxy) is 1. The molecule has 3 fully saturated rings. The fraction of sp³-hybridized carbons (Fsp3) is 1.00. The molecule has 0 spiro atoms. The quantitative estimate of drug-likeness (QED) is 0.810. The van der Waals surface area contributed by atoms with Gasteiger partial charge in [-0.1, -0.05) is 0 Å². The lowest BCUT2D eigenvalue weighted by atomic mass is 10.00. The Hall–Kier alpha value is -0.120. The molecule has 0 aromatic heterocycles. The summed E-state index contributed by atoms with van der Waals surface area (Å²) in [7, 11) is 0. The molecule has 0 aromatic rings. The van der Waals surface area contributed by atoms with Crippen LogP contribution in [0.2, 0.25) is 0 Å². The van der Waals surface area contributed by atoms with Gasteiger partial charge in [0.05, 0.1) is 6.61 Å². The number of nitrogens with zero attached hydrogens (tertiary/aromatic N) is 1. The predicted molar refractivity (Wildman–Crippen MR) is 68.9 cm³/mol. The third kappa shape index (κ3) is 3.21. The van der Waals surface area contributed by atoms with Gasteiger partial charge in [-0.3, -0.25) is 4.90 Å². The molecule has 1 saturated carbocycles. The second kappa shape index (κ2) is 5.68. The van der Waals surface area contributed by atoms with Gasteiger partial charge in [0.25, 0.3) is 0 Å². The van der Waals surface area contributed by atoms with Gasteiger partial charge in [-0.15, -0.1) is 0 Å². The van der Waals surface area contributed by atoms with Crippen LogP contribution in [-0.2, 0) is 4.74 Å². The molecular formula is C14H26N2O. The van der Waals surface area contributed by atoms with Crippen molar-refractivity contribution in [2.45, 2.75) is 57.2 Å². The van der Waals surface area contributed by atoms with Crippen LogP contribution in [0.3, 0.4) is 0 Å². The Kier molecular flexibility index (Phi) is 3.99. The standard InChI is InChI=1S/C14H26N2O/c1-2-10-16(13-6-8-15-9-7-13)14(3-1)17-11-12-4-5-12/h12-15H,1-11H2. The summed E-state index contributed by atoms with van der Waals surface area (Å²) in [4.78, 5) is 2.67. The Morgan fingerprint density at radius 2 is 1.82 bits per heavy atom. The minimum absolute atomic E-state index is 0.437. The molecule has 3 aliphatic rings. The van der Waals surface area contributed by atoms with Gasteiger partial charge >= 0.3 is 0 Å². The third-order valence-corrected chi connectivity index (χ3v) is 4.49. The summed E-state index contributed by atoms with van der Waals surface area (Å²) in [5, 5.41) is 3.46. The fourth-order valence-corrected chi connectivity index (χ4v) is 3.19. The van der Waals surface area contributed by atoms with Crippen LogP contribution in [0.1, 0.15) is 44.9 Å². The summed E-state index contributed by atoms with van der Waals surface area (Å²) in [6.07, 6.45) is 9.85. The van der Waals surface area contributed by atoms with Gasteiger partial charge in [0.15, 0.2) is 0 Å². The topological polar surface area (TPSA) is 24.5 Å². The van der Waals surface area contributed by atoms with Crippen LogP contribution in [-0.4, -0.2) is 43.4 Å². The van der Waals surface area contributed by atoms with E-state index in [1.54, 1.807) is 0 Å². The van der Waals surface area contributed by atoms with E-state index in [0.717, 1.165) is 18.6 Å². The highest BCUT2D eigenvalue weighted by molar-refractivity contribution is 4.83. The van der Waals surface area contributed by atoms with Crippen molar-refractivity contribution in [1.29, 1.82) is 0 Å². The Morgan fingerprint density at radius 1 is 1.00 bits per heavy atom. The van der Waals surface area contributed by atoms with Gasteiger partial charge in [-0.05, 0) is 64.0 Å². The molecule has 2 saturated heterocycles. The molecule has 0 radical (unpaired) electrons. The van der Waals surface area contributed by atoms with Crippen LogP contribution >= 0.6 is 0 Å². The maximum atomic E-state index is 6.18. The van der Waals surface area contributed by atoms with E-state index in [4.69, 9.17) is 4.74 Å². The molecule has 3 rings (SSSR count). The van der Waals surface area contributed by atoms with Gasteiger partial charge in [-0.2, -0.15) is 0 Å². The molecule has 3 heteroatoms. The van der Waals surface area contributed by atoms with Crippen molar-refractivity contribution >= 4 is 0 Å². The molecule has 0 aromatic carbocycles. The van der Waals surface area contributed by atoms with Crippen molar-refractivity contribution in [2.75, 3.05) is 26.2 Å². The molecule has 0 bridgehead atoms. The molecule has 2 heterocycles. The molecule has 0 amide bonds. The van der Waals surface area contributed by atoms with Gasteiger partial charge in [-0.25, -0.2) is 0 Å². The Morgan fingerprint density at radius 3 is 2.59 bits per heavy atom. The highest BCUT2D eigenvalue weighted by Gasteiger charge is 2.31. The van der Waals surface area contributed by atoms with Crippen molar-refractivity contribution in [1.82, 2.24) is 10.2 Å². The maximum absolute atomic E-state index is 6.18. The number of piperidine rings is 2. The minimum atomic E-state index is 0.437. The van der Waals surface area contributed by atoms with E-state index < -0.39 is 0 Å². The average molecular weight is 238 g/mol. The van der Waals surface area contributed by atoms with Crippen molar-refractivity contribution in [3.63, 3.8) is 0 Å². The van der Waals surface area contributed by atoms with Crippen molar-refractivity contribution in [3.05, 3.63) is 0 Å². The van der Waals surface area contributed by atoms with Crippen molar-refractivity contribution in [2.24, 2.45) is 5.92 Å². The van der Waals surface area contributed by atoms with Crippen LogP contribution in [0.5, 0.6) is 0 Å². The van der Waals surface area contributed by atoms with Crippen molar-refractivity contribution in [3.8, 4) is 0 Å². The van der Waals surface area contributed by atoms with Crippen LogP contribution < -0.4 is 5.32 Å². The second-order valence-corrected chi connectivity index (χ2v) is 5.95. The second-order valence-electron chi connectivity index (χ2n) is 5.95. The molecule has 98 valence electrons. The predicted octanol–water partition coefficient (Wildman–Crippen LogP) is 1.98. The first-order valence-electron chi connectivity index (χ1n) is 7.51. The van der Waals surface area contributed by atoms with Crippen molar-refractivity contribution < 1.29 is 4.74 Å². The van der Waals surface area contributed by atoms with E-state index in [0.29, 0.717) is 6.23 Å². The summed E-state index contributed by atoms with van der Waals surface area (Å²) in [5.74, 6) is 0.895. The lowest BCUT2D eigenvalue weighted by Crippen LogP contribution is -2.51. The zero-order valence-corrected chi connectivity index (χ0v) is 10.9. The molecule has 2 aliphatic heterocycles. The fourth-order valence-electron chi connectivity index (χ4n) is 3.19. The van der Waals surface area contributed by atoms with E-state index in [2.05, 4.69) is 10.2 Å². The highest BCUT2D eigenvalue weighted by atomic mass is 16.5. The van der Waals surface area contributed by atoms with E-state index in [9.17, 15) is 0 Å². The van der Waals surface area contributed by atoms with Gasteiger partial charge < -0.3 is 10.1 Å². The molecular weight excluding hydrogens is 212 g/mol. The van der Waals surface area contributed by atoms with Gasteiger partial charge in [0.2, 0.25) is 0 Å². The number of likely N-dealkylation sites (tertiary alicyclic amines) is 1. The largest absolute Gasteiger partial charge is 0.363 e. The number of rotatable bonds is 4. The Bertz CT molecular complexity index is 236. The lowest BCUT2D eigenvalue weighted by molar-refractivity contribution is -0.105. The smallest absolute Gasteiger partial charge is 0.110 e. The first-order chi connectivity index (χ1) is 8.43. The average Bonchev–Trinajstić information content (AvgIpc) is 3.22. The summed E-state index contributed by atoms with van der Waals surface area (Å²) in [6, 6.07) is 0.778. The molecule has 1 aliphatic carbocycles. The summed E-state index contributed by atoms with van der Waals surface area (Å²) < 4.78 is 6.18. The Balaban J connectivity index is 1.53. The summed E-state index contributed by atoms with van der Waals surface area (Å²) >= 11 is 0. The molecule has 17 heavy (non-hydrogen) atoms. The highest BCUT2D eigenvalue weighted by Crippen LogP contribution is 2.31. The summed E-state index contributed by atoms with van der Waals surface area (Å²) in [6.45, 7) is 4.67. The first-order valence-corrected chi connectivity index (χ1v) is 7.51. The molecule has 1 atom stereocenters. The zero-order valence-electron chi connectivity index (χ0n) is 10.9. The number of hydrogen-bond acceptors (Lipinski definition) is 3. The lowest BCUT2D eigenvalue weighted by Gasteiger charge is -2.42. The third-order valence-electron chi connectivity index (χ3n) is 4.49. The van der Waals surface area contributed by atoms with E-state index in [-0.39, 0.29) is 0 Å². The SMILES string of the molecule is C1CCN(C2CCNCC2)C(OCC2CC2)C1. The number of nitrogens with one attached hydrogen (secondary N) is 1. The van der Waals surface area contributed by atoms with Crippen LogP contribution in [0.25, 0.3) is 0 Å². The summed E-state index contributed by atoms with van der Waals surface area (Å²) in [5.41, 5.74) is 0. The monoisotopic (exact) mass is 238 g/mol. The van der Waals surface area contributed by atoms with E-state index in [1.165, 1.54) is 64.6 Å². The van der Waals surface area contributed by atoms with Gasteiger partial charge in [0.1, 0.15) is 6.23 Å². The molecule has 3 nitrogen and oxygen atoms in total. The van der Waals surface area contributed by atoms with E-state index >= 15 is 0 Å². The first kappa shape index (κ1) is 11.9. The minimum Gasteiger partial charge on any atom is -0.363 e. The normalized spacial score (nSPS) is 32.8. The molecule has 1 N–H and O–H groups in total. The van der Waals surface area contributed by atoms with E-state index in [1.807, 2.05) is 0 Å².